The third-order valence-corrected chi connectivity index (χ3v) is 6.90. The lowest BCUT2D eigenvalue weighted by molar-refractivity contribution is -0.132. The van der Waals surface area contributed by atoms with Gasteiger partial charge in [-0.25, -0.2) is 0 Å². The minimum absolute atomic E-state index is 0.319. The predicted molar refractivity (Wildman–Crippen MR) is 149 cm³/mol. The molecule has 0 spiro atoms. The summed E-state index contributed by atoms with van der Waals surface area (Å²) in [7, 11) is 0. The van der Waals surface area contributed by atoms with Crippen LogP contribution in [0.2, 0.25) is 0 Å². The van der Waals surface area contributed by atoms with Crippen LogP contribution in [0.1, 0.15) is 92.4 Å². The second-order valence-electron chi connectivity index (χ2n) is 9.85. The van der Waals surface area contributed by atoms with Crippen molar-refractivity contribution in [2.75, 3.05) is 38.1 Å². The van der Waals surface area contributed by atoms with Crippen LogP contribution in [0.3, 0.4) is 0 Å². The van der Waals surface area contributed by atoms with E-state index in [4.69, 9.17) is 0 Å². The topological polar surface area (TPSA) is 23.6 Å². The standard InChI is InChI=1S/C29H49BrN2O/c1-25(2)11-6-12-26(3)13-7-14-27(4)15-8-16-28(5)17-9-18-29(33)32-23-21-31(22-24-32)20-10-19-30/h11,13,15,17H,6-10,12,14,16,18-24H2,1-5H3. The molecule has 0 unspecified atom stereocenters. The Morgan fingerprint density at radius 3 is 1.61 bits per heavy atom. The summed E-state index contributed by atoms with van der Waals surface area (Å²) in [5.74, 6) is 0.319. The molecule has 0 aromatic carbocycles. The van der Waals surface area contributed by atoms with Crippen molar-refractivity contribution in [3.8, 4) is 0 Å². The fraction of sp³-hybridized carbons (Fsp3) is 0.690. The maximum absolute atomic E-state index is 12.5. The SMILES string of the molecule is CC(C)=CCCC(C)=CCCC(C)=CCCC(C)=CCCC(=O)N1CCN(CCCBr)CC1. The van der Waals surface area contributed by atoms with Crippen LogP contribution in [0, 0.1) is 0 Å². The summed E-state index contributed by atoms with van der Waals surface area (Å²) in [6.07, 6.45) is 18.9. The number of carbonyl (C=O) groups is 1. The van der Waals surface area contributed by atoms with Crippen LogP contribution in [0.4, 0.5) is 0 Å². The van der Waals surface area contributed by atoms with Gasteiger partial charge in [0, 0.05) is 37.9 Å². The van der Waals surface area contributed by atoms with Crippen molar-refractivity contribution in [1.82, 2.24) is 9.80 Å². The van der Waals surface area contributed by atoms with Gasteiger partial charge in [-0.2, -0.15) is 0 Å². The lowest BCUT2D eigenvalue weighted by Crippen LogP contribution is -2.48. The van der Waals surface area contributed by atoms with E-state index in [1.165, 1.54) is 35.1 Å². The fourth-order valence-electron chi connectivity index (χ4n) is 4.09. The summed E-state index contributed by atoms with van der Waals surface area (Å²) in [5.41, 5.74) is 5.81. The Morgan fingerprint density at radius 2 is 1.15 bits per heavy atom. The van der Waals surface area contributed by atoms with Gasteiger partial charge in [0.25, 0.3) is 0 Å². The van der Waals surface area contributed by atoms with Crippen LogP contribution in [0.5, 0.6) is 0 Å². The smallest absolute Gasteiger partial charge is 0.222 e. The average molecular weight is 522 g/mol. The molecule has 1 rings (SSSR count). The van der Waals surface area contributed by atoms with E-state index in [9.17, 15) is 4.79 Å². The molecule has 33 heavy (non-hydrogen) atoms. The van der Waals surface area contributed by atoms with E-state index in [0.717, 1.165) is 76.6 Å². The van der Waals surface area contributed by atoms with Gasteiger partial charge in [0.2, 0.25) is 5.91 Å². The number of nitrogens with zero attached hydrogens (tertiary/aromatic N) is 2. The molecule has 3 nitrogen and oxygen atoms in total. The number of hydrogen-bond donors (Lipinski definition) is 0. The molecule has 1 saturated heterocycles. The van der Waals surface area contributed by atoms with Gasteiger partial charge in [-0.05, 0) is 92.5 Å². The van der Waals surface area contributed by atoms with Crippen LogP contribution in [-0.2, 0) is 4.79 Å². The van der Waals surface area contributed by atoms with E-state index in [0.29, 0.717) is 12.3 Å². The number of alkyl halides is 1. The molecule has 0 N–H and O–H groups in total. The molecular formula is C29H49BrN2O. The Kier molecular flexibility index (Phi) is 16.5. The highest BCUT2D eigenvalue weighted by Crippen LogP contribution is 2.14. The molecule has 1 aliphatic heterocycles. The van der Waals surface area contributed by atoms with Gasteiger partial charge in [-0.15, -0.1) is 0 Å². The molecule has 0 aliphatic carbocycles. The largest absolute Gasteiger partial charge is 0.340 e. The van der Waals surface area contributed by atoms with Gasteiger partial charge in [0.05, 0.1) is 0 Å². The number of hydrogen-bond acceptors (Lipinski definition) is 2. The zero-order valence-corrected chi connectivity index (χ0v) is 23.7. The number of carbonyl (C=O) groups excluding carboxylic acids is 1. The molecule has 1 aliphatic rings. The Morgan fingerprint density at radius 1 is 0.697 bits per heavy atom. The van der Waals surface area contributed by atoms with Gasteiger partial charge < -0.3 is 4.90 Å². The molecule has 4 heteroatoms. The van der Waals surface area contributed by atoms with Gasteiger partial charge in [0.1, 0.15) is 0 Å². The highest BCUT2D eigenvalue weighted by molar-refractivity contribution is 9.09. The van der Waals surface area contributed by atoms with Crippen LogP contribution in [-0.4, -0.2) is 53.8 Å². The van der Waals surface area contributed by atoms with Gasteiger partial charge in [-0.1, -0.05) is 62.5 Å². The summed E-state index contributed by atoms with van der Waals surface area (Å²) in [4.78, 5) is 17.0. The van der Waals surface area contributed by atoms with Crippen molar-refractivity contribution in [2.45, 2.75) is 92.4 Å². The lowest BCUT2D eigenvalue weighted by Gasteiger charge is -2.34. The van der Waals surface area contributed by atoms with E-state index in [1.807, 2.05) is 0 Å². The predicted octanol–water partition coefficient (Wildman–Crippen LogP) is 7.84. The molecule has 1 amide bonds. The summed E-state index contributed by atoms with van der Waals surface area (Å²) in [5, 5.41) is 1.06. The first-order valence-corrected chi connectivity index (χ1v) is 14.1. The molecule has 1 heterocycles. The molecule has 1 fully saturated rings. The first kappa shape index (κ1) is 29.9. The van der Waals surface area contributed by atoms with Crippen molar-refractivity contribution in [2.24, 2.45) is 0 Å². The van der Waals surface area contributed by atoms with Gasteiger partial charge in [-0.3, -0.25) is 9.69 Å². The zero-order chi connectivity index (χ0) is 24.5. The number of amides is 1. The van der Waals surface area contributed by atoms with Crippen LogP contribution in [0.15, 0.2) is 46.6 Å². The Balaban J connectivity index is 2.20. The minimum Gasteiger partial charge on any atom is -0.340 e. The van der Waals surface area contributed by atoms with E-state index in [1.54, 1.807) is 0 Å². The van der Waals surface area contributed by atoms with Crippen molar-refractivity contribution >= 4 is 21.8 Å². The van der Waals surface area contributed by atoms with E-state index in [-0.39, 0.29) is 0 Å². The third kappa shape index (κ3) is 15.4. The number of halogens is 1. The summed E-state index contributed by atoms with van der Waals surface area (Å²) < 4.78 is 0. The van der Waals surface area contributed by atoms with E-state index >= 15 is 0 Å². The van der Waals surface area contributed by atoms with Crippen molar-refractivity contribution < 1.29 is 4.79 Å². The minimum atomic E-state index is 0.319. The average Bonchev–Trinajstić information content (AvgIpc) is 2.77. The lowest BCUT2D eigenvalue weighted by atomic mass is 10.0. The van der Waals surface area contributed by atoms with Crippen molar-refractivity contribution in [1.29, 1.82) is 0 Å². The first-order chi connectivity index (χ1) is 15.8. The van der Waals surface area contributed by atoms with Crippen molar-refractivity contribution in [3.05, 3.63) is 46.6 Å². The quantitative estimate of drug-likeness (QED) is 0.162. The normalized spacial score (nSPS) is 16.3. The summed E-state index contributed by atoms with van der Waals surface area (Å²) in [6.45, 7) is 16.0. The molecule has 0 aromatic heterocycles. The van der Waals surface area contributed by atoms with E-state index < -0.39 is 0 Å². The highest BCUT2D eigenvalue weighted by atomic mass is 79.9. The third-order valence-electron chi connectivity index (χ3n) is 6.34. The number of allylic oxidation sites excluding steroid dienone is 8. The van der Waals surface area contributed by atoms with E-state index in [2.05, 4.69) is 84.7 Å². The Labute approximate surface area is 213 Å². The maximum atomic E-state index is 12.5. The molecule has 188 valence electrons. The maximum Gasteiger partial charge on any atom is 0.222 e. The Bertz CT molecular complexity index is 678. The summed E-state index contributed by atoms with van der Waals surface area (Å²) >= 11 is 3.50. The van der Waals surface area contributed by atoms with Crippen LogP contribution in [0.25, 0.3) is 0 Å². The molecular weight excluding hydrogens is 472 g/mol. The Hall–Kier alpha value is -1.13. The molecule has 0 saturated carbocycles. The van der Waals surface area contributed by atoms with Gasteiger partial charge in [0.15, 0.2) is 0 Å². The van der Waals surface area contributed by atoms with Gasteiger partial charge >= 0.3 is 0 Å². The monoisotopic (exact) mass is 520 g/mol. The number of piperazine rings is 1. The second-order valence-corrected chi connectivity index (χ2v) is 10.6. The first-order valence-electron chi connectivity index (χ1n) is 13.0. The summed E-state index contributed by atoms with van der Waals surface area (Å²) in [6, 6.07) is 0. The molecule has 0 bridgehead atoms. The zero-order valence-electron chi connectivity index (χ0n) is 22.1. The highest BCUT2D eigenvalue weighted by Gasteiger charge is 2.19. The fourth-order valence-corrected chi connectivity index (χ4v) is 4.34. The molecule has 0 radical (unpaired) electrons. The second kappa shape index (κ2) is 18.2. The van der Waals surface area contributed by atoms with Crippen LogP contribution < -0.4 is 0 Å². The van der Waals surface area contributed by atoms with Crippen molar-refractivity contribution in [3.63, 3.8) is 0 Å². The molecule has 0 aromatic rings. The number of rotatable bonds is 15. The molecule has 0 atom stereocenters. The van der Waals surface area contributed by atoms with Crippen LogP contribution >= 0.6 is 15.9 Å².